The number of sulfonamides is 1. The van der Waals surface area contributed by atoms with Crippen molar-refractivity contribution >= 4 is 27.7 Å². The third kappa shape index (κ3) is 4.16. The summed E-state index contributed by atoms with van der Waals surface area (Å²) in [4.78, 5) is 25.3. The average Bonchev–Trinajstić information content (AvgIpc) is 3.31. The third-order valence-electron chi connectivity index (χ3n) is 4.90. The summed E-state index contributed by atoms with van der Waals surface area (Å²) in [5, 5.41) is 11.9. The molecule has 27 heavy (non-hydrogen) atoms. The minimum absolute atomic E-state index is 0.0299. The van der Waals surface area contributed by atoms with Crippen LogP contribution in [0.2, 0.25) is 0 Å². The second-order valence-electron chi connectivity index (χ2n) is 7.23. The predicted octanol–water partition coefficient (Wildman–Crippen LogP) is 1.46. The molecule has 10 heteroatoms. The number of carboxylic acid groups (broad SMARTS) is 1. The lowest BCUT2D eigenvalue weighted by Crippen LogP contribution is -2.37. The van der Waals surface area contributed by atoms with Crippen LogP contribution < -0.4 is 14.8 Å². The zero-order chi connectivity index (χ0) is 19.8. The van der Waals surface area contributed by atoms with E-state index in [1.54, 1.807) is 6.92 Å². The molecule has 1 atom stereocenters. The second kappa shape index (κ2) is 7.01. The van der Waals surface area contributed by atoms with Crippen molar-refractivity contribution in [2.45, 2.75) is 37.1 Å². The van der Waals surface area contributed by atoms with Crippen LogP contribution in [0.1, 0.15) is 26.2 Å². The molecule has 1 heterocycles. The fraction of sp³-hybridized carbons (Fsp3) is 0.529. The fourth-order valence-corrected chi connectivity index (χ4v) is 4.27. The first-order valence-electron chi connectivity index (χ1n) is 8.64. The molecule has 2 aliphatic rings. The molecule has 3 rings (SSSR count). The number of hydrogen-bond donors (Lipinski definition) is 3. The van der Waals surface area contributed by atoms with Gasteiger partial charge in [-0.15, -0.1) is 0 Å². The maximum Gasteiger partial charge on any atom is 0.321 e. The fourth-order valence-electron chi connectivity index (χ4n) is 2.94. The van der Waals surface area contributed by atoms with Crippen LogP contribution in [0.5, 0.6) is 5.75 Å². The van der Waals surface area contributed by atoms with Gasteiger partial charge in [-0.1, -0.05) is 0 Å². The Bertz CT molecular complexity index is 867. The van der Waals surface area contributed by atoms with E-state index in [4.69, 9.17) is 4.74 Å². The summed E-state index contributed by atoms with van der Waals surface area (Å²) in [5.74, 6) is -0.636. The quantitative estimate of drug-likeness (QED) is 0.667. The number of rotatable bonds is 6. The van der Waals surface area contributed by atoms with Gasteiger partial charge in [0, 0.05) is 19.1 Å². The number of hydrogen-bond acceptors (Lipinski definition) is 5. The second-order valence-corrected chi connectivity index (χ2v) is 8.94. The number of anilines is 1. The highest BCUT2D eigenvalue weighted by Gasteiger charge is 2.42. The van der Waals surface area contributed by atoms with Crippen molar-refractivity contribution in [3.63, 3.8) is 0 Å². The molecule has 1 aliphatic carbocycles. The zero-order valence-electron chi connectivity index (χ0n) is 15.2. The van der Waals surface area contributed by atoms with E-state index in [9.17, 15) is 23.1 Å². The van der Waals surface area contributed by atoms with E-state index in [1.165, 1.54) is 30.2 Å². The van der Waals surface area contributed by atoms with E-state index >= 15 is 0 Å². The molecule has 148 valence electrons. The van der Waals surface area contributed by atoms with Crippen LogP contribution in [0, 0.1) is 5.41 Å². The molecule has 1 unspecified atom stereocenters. The molecule has 0 radical (unpaired) electrons. The first-order chi connectivity index (χ1) is 12.6. The van der Waals surface area contributed by atoms with Crippen molar-refractivity contribution in [1.29, 1.82) is 0 Å². The number of carboxylic acids is 1. The van der Waals surface area contributed by atoms with Gasteiger partial charge in [0.05, 0.1) is 23.1 Å². The van der Waals surface area contributed by atoms with E-state index in [2.05, 4.69) is 10.0 Å². The summed E-state index contributed by atoms with van der Waals surface area (Å²) in [5.41, 5.74) is -0.772. The molecular formula is C17H23N3O6S. The van der Waals surface area contributed by atoms with Gasteiger partial charge in [-0.25, -0.2) is 17.9 Å². The Morgan fingerprint density at radius 1 is 1.33 bits per heavy atom. The number of aliphatic carboxylic acids is 1. The van der Waals surface area contributed by atoms with Crippen LogP contribution >= 0.6 is 0 Å². The average molecular weight is 397 g/mol. The van der Waals surface area contributed by atoms with Crippen molar-refractivity contribution in [3.8, 4) is 5.75 Å². The first-order valence-corrected chi connectivity index (χ1v) is 10.1. The molecule has 2 amide bonds. The monoisotopic (exact) mass is 397 g/mol. The van der Waals surface area contributed by atoms with Crippen molar-refractivity contribution in [3.05, 3.63) is 18.2 Å². The van der Waals surface area contributed by atoms with Crippen LogP contribution in [0.25, 0.3) is 0 Å². The number of likely N-dealkylation sites (tertiary alicyclic amines) is 1. The number of amides is 2. The smallest absolute Gasteiger partial charge is 0.321 e. The van der Waals surface area contributed by atoms with Crippen molar-refractivity contribution in [2.75, 3.05) is 25.5 Å². The maximum absolute atomic E-state index is 12.5. The minimum Gasteiger partial charge on any atom is -0.495 e. The molecule has 3 N–H and O–H groups in total. The van der Waals surface area contributed by atoms with Crippen molar-refractivity contribution in [1.82, 2.24) is 9.62 Å². The minimum atomic E-state index is -3.68. The van der Waals surface area contributed by atoms with Gasteiger partial charge in [0.15, 0.2) is 0 Å². The Morgan fingerprint density at radius 3 is 2.59 bits per heavy atom. The summed E-state index contributed by atoms with van der Waals surface area (Å²) >= 11 is 0. The summed E-state index contributed by atoms with van der Waals surface area (Å²) in [6, 6.07) is 3.70. The molecular weight excluding hydrogens is 374 g/mol. The van der Waals surface area contributed by atoms with E-state index in [-0.39, 0.29) is 23.2 Å². The van der Waals surface area contributed by atoms with Crippen LogP contribution in [0.4, 0.5) is 10.5 Å². The number of nitrogens with zero attached hydrogens (tertiary/aromatic N) is 1. The Labute approximate surface area is 157 Å². The Balaban J connectivity index is 1.78. The van der Waals surface area contributed by atoms with Crippen molar-refractivity contribution < 1.29 is 27.9 Å². The number of benzene rings is 1. The summed E-state index contributed by atoms with van der Waals surface area (Å²) in [6.07, 6.45) is 1.99. The zero-order valence-corrected chi connectivity index (χ0v) is 16.0. The largest absolute Gasteiger partial charge is 0.495 e. The number of nitrogens with one attached hydrogen (secondary N) is 2. The number of ether oxygens (including phenoxy) is 1. The number of carbonyl (C=O) groups excluding carboxylic acids is 1. The van der Waals surface area contributed by atoms with E-state index in [0.29, 0.717) is 18.7 Å². The van der Waals surface area contributed by atoms with Gasteiger partial charge in [0.25, 0.3) is 0 Å². The Morgan fingerprint density at radius 2 is 2.04 bits per heavy atom. The highest BCUT2D eigenvalue weighted by atomic mass is 32.2. The van der Waals surface area contributed by atoms with Gasteiger partial charge < -0.3 is 20.1 Å². The molecule has 2 fully saturated rings. The van der Waals surface area contributed by atoms with Gasteiger partial charge in [-0.05, 0) is 44.4 Å². The lowest BCUT2D eigenvalue weighted by atomic mass is 9.90. The van der Waals surface area contributed by atoms with E-state index < -0.39 is 27.4 Å². The summed E-state index contributed by atoms with van der Waals surface area (Å²) in [6.45, 7) is 1.98. The highest BCUT2D eigenvalue weighted by Crippen LogP contribution is 2.32. The van der Waals surface area contributed by atoms with Crippen LogP contribution in [-0.4, -0.2) is 56.7 Å². The Hall–Kier alpha value is -2.33. The first kappa shape index (κ1) is 19.4. The van der Waals surface area contributed by atoms with Crippen LogP contribution in [-0.2, 0) is 14.8 Å². The summed E-state index contributed by atoms with van der Waals surface area (Å²) < 4.78 is 32.6. The summed E-state index contributed by atoms with van der Waals surface area (Å²) in [7, 11) is -2.26. The molecule has 9 nitrogen and oxygen atoms in total. The molecule has 1 saturated carbocycles. The SMILES string of the molecule is COc1ccc(S(=O)(=O)NC2CC2)cc1NC(=O)N1CCC(C)(C(=O)O)C1. The van der Waals surface area contributed by atoms with E-state index in [1.807, 2.05) is 0 Å². The highest BCUT2D eigenvalue weighted by molar-refractivity contribution is 7.89. The molecule has 1 aliphatic heterocycles. The van der Waals surface area contributed by atoms with Gasteiger partial charge in [0.1, 0.15) is 5.75 Å². The Kier molecular flexibility index (Phi) is 5.04. The third-order valence-corrected chi connectivity index (χ3v) is 6.42. The normalized spacial score (nSPS) is 22.5. The molecule has 1 aromatic rings. The standard InChI is InChI=1S/C17H23N3O6S/c1-17(15(21)22)7-8-20(10-17)16(23)18-13-9-12(5-6-14(13)26-2)27(24,25)19-11-3-4-11/h5-6,9,11,19H,3-4,7-8,10H2,1-2H3,(H,18,23)(H,21,22). The van der Waals surface area contributed by atoms with Gasteiger partial charge in [0.2, 0.25) is 10.0 Å². The number of methoxy groups -OCH3 is 1. The maximum atomic E-state index is 12.5. The molecule has 1 saturated heterocycles. The van der Waals surface area contributed by atoms with Gasteiger partial charge in [-0.2, -0.15) is 0 Å². The predicted molar refractivity (Wildman–Crippen MR) is 97.3 cm³/mol. The van der Waals surface area contributed by atoms with E-state index in [0.717, 1.165) is 12.8 Å². The number of carbonyl (C=O) groups is 2. The lowest BCUT2D eigenvalue weighted by molar-refractivity contribution is -0.146. The van der Waals surface area contributed by atoms with Gasteiger partial charge >= 0.3 is 12.0 Å². The molecule has 0 aromatic heterocycles. The lowest BCUT2D eigenvalue weighted by Gasteiger charge is -2.21. The topological polar surface area (TPSA) is 125 Å². The molecule has 1 aromatic carbocycles. The van der Waals surface area contributed by atoms with Crippen LogP contribution in [0.3, 0.4) is 0 Å². The molecule has 0 bridgehead atoms. The van der Waals surface area contributed by atoms with Gasteiger partial charge in [-0.3, -0.25) is 4.79 Å². The molecule has 0 spiro atoms. The van der Waals surface area contributed by atoms with Crippen LogP contribution in [0.15, 0.2) is 23.1 Å². The number of urea groups is 1. The van der Waals surface area contributed by atoms with Crippen molar-refractivity contribution in [2.24, 2.45) is 5.41 Å².